The molecule has 320 valence electrons. The molecule has 0 radical (unpaired) electrons. The van der Waals surface area contributed by atoms with Crippen LogP contribution in [-0.2, 0) is 12.8 Å². The molecule has 0 fully saturated rings. The zero-order valence-electron chi connectivity index (χ0n) is 38.2. The Labute approximate surface area is 394 Å². The topological polar surface area (TPSA) is 63.4 Å². The normalized spacial score (nSPS) is 12.8. The van der Waals surface area contributed by atoms with Gasteiger partial charge in [0, 0.05) is 43.8 Å². The molecule has 0 amide bonds. The first kappa shape index (κ1) is 38.8. The number of nitrogens with zero attached hydrogens (tertiary/aromatic N) is 5. The Morgan fingerprint density at radius 2 is 0.971 bits per heavy atom. The van der Waals surface area contributed by atoms with E-state index in [9.17, 15) is 0 Å². The second kappa shape index (κ2) is 14.5. The first-order chi connectivity index (χ1) is 33.4. The highest BCUT2D eigenvalue weighted by molar-refractivity contribution is 6.08. The summed E-state index contributed by atoms with van der Waals surface area (Å²) in [5.74, 6) is 0. The minimum absolute atomic E-state index is 0.810. The third kappa shape index (κ3) is 5.47. The lowest BCUT2D eigenvalue weighted by molar-refractivity contribution is 0.876. The van der Waals surface area contributed by atoms with Crippen LogP contribution in [0.1, 0.15) is 44.5 Å². The van der Waals surface area contributed by atoms with Gasteiger partial charge in [0.2, 0.25) is 0 Å². The summed E-state index contributed by atoms with van der Waals surface area (Å²) < 4.78 is 0. The molecule has 5 heteroatoms. The van der Waals surface area contributed by atoms with E-state index in [-0.39, 0.29) is 0 Å². The highest BCUT2D eigenvalue weighted by Crippen LogP contribution is 2.55. The molecule has 3 heterocycles. The number of para-hydroxylation sites is 1. The number of benzene rings is 9. The first-order valence-electron chi connectivity index (χ1n) is 23.6. The molecular formula is C63H43N5. The molecule has 14 rings (SSSR count). The van der Waals surface area contributed by atoms with Gasteiger partial charge in [0.05, 0.1) is 22.1 Å². The van der Waals surface area contributed by atoms with Crippen molar-refractivity contribution >= 4 is 11.4 Å². The summed E-state index contributed by atoms with van der Waals surface area (Å²) in [4.78, 5) is 10.7. The number of hydrogen-bond donors (Lipinski definition) is 0. The van der Waals surface area contributed by atoms with Crippen molar-refractivity contribution in [2.24, 2.45) is 9.98 Å². The number of hydrogen-bond acceptors (Lipinski definition) is 5. The van der Waals surface area contributed by atoms with E-state index in [0.29, 0.717) is 0 Å². The van der Waals surface area contributed by atoms with Gasteiger partial charge < -0.3 is 0 Å². The molecule has 1 aromatic heterocycles. The fraction of sp³-hybridized carbons (Fsp3) is 0.0952. The fourth-order valence-corrected chi connectivity index (χ4v) is 11.9. The molecule has 5 nitrogen and oxygen atoms in total. The van der Waals surface area contributed by atoms with Gasteiger partial charge >= 0.3 is 0 Å². The molecule has 0 N–H and O–H groups in total. The molecule has 10 aromatic rings. The Bertz CT molecular complexity index is 4130. The fourth-order valence-electron chi connectivity index (χ4n) is 11.9. The van der Waals surface area contributed by atoms with E-state index in [4.69, 9.17) is 25.4 Å². The van der Waals surface area contributed by atoms with Crippen LogP contribution in [0, 0.1) is 38.1 Å². The van der Waals surface area contributed by atoms with Gasteiger partial charge in [-0.3, -0.25) is 0 Å². The van der Waals surface area contributed by atoms with Crippen LogP contribution in [0.25, 0.3) is 89.3 Å². The SMILES string of the molecule is Cc1cc2c(c(-c3nnnc(-c4ccccc4-c4c(-c5ccccc5)ccc5c4-c4c6c(ccc4=N5)=c4ccccc4=N6)c3-c3c(C)c(C)cc4c3Cc3ccccc3-4)c1C)Cc1ccccc1-2. The number of aromatic nitrogens is 3. The molecule has 68 heavy (non-hydrogen) atoms. The summed E-state index contributed by atoms with van der Waals surface area (Å²) in [7, 11) is 0. The molecule has 4 aliphatic rings. The van der Waals surface area contributed by atoms with Crippen molar-refractivity contribution < 1.29 is 0 Å². The second-order valence-electron chi connectivity index (χ2n) is 18.9. The maximum absolute atomic E-state index is 5.35. The van der Waals surface area contributed by atoms with E-state index in [1.807, 2.05) is 0 Å². The van der Waals surface area contributed by atoms with E-state index in [1.165, 1.54) is 72.3 Å². The first-order valence-corrected chi connectivity index (χ1v) is 23.6. The van der Waals surface area contributed by atoms with Gasteiger partial charge in [-0.2, -0.15) is 0 Å². The molecule has 2 aliphatic carbocycles. The van der Waals surface area contributed by atoms with Crippen molar-refractivity contribution in [2.75, 3.05) is 0 Å². The highest BCUT2D eigenvalue weighted by atomic mass is 15.3. The Morgan fingerprint density at radius 1 is 0.368 bits per heavy atom. The van der Waals surface area contributed by atoms with Crippen LogP contribution >= 0.6 is 0 Å². The van der Waals surface area contributed by atoms with Crippen LogP contribution in [0.15, 0.2) is 174 Å². The van der Waals surface area contributed by atoms with Gasteiger partial charge in [0.1, 0.15) is 11.4 Å². The molecule has 2 aliphatic heterocycles. The molecule has 0 saturated heterocycles. The maximum Gasteiger partial charge on any atom is 0.105 e. The minimum Gasteiger partial charge on any atom is -0.248 e. The van der Waals surface area contributed by atoms with Gasteiger partial charge in [0.15, 0.2) is 0 Å². The Hall–Kier alpha value is -8.41. The van der Waals surface area contributed by atoms with Gasteiger partial charge in [0.25, 0.3) is 0 Å². The van der Waals surface area contributed by atoms with Crippen molar-refractivity contribution in [3.8, 4) is 89.3 Å². The number of fused-ring (bicyclic) bond motifs is 12. The quantitative estimate of drug-likeness (QED) is 0.173. The van der Waals surface area contributed by atoms with E-state index in [2.05, 4.69) is 191 Å². The highest BCUT2D eigenvalue weighted by Gasteiger charge is 2.34. The molecule has 9 aromatic carbocycles. The van der Waals surface area contributed by atoms with Crippen molar-refractivity contribution in [2.45, 2.75) is 40.5 Å². The third-order valence-electron chi connectivity index (χ3n) is 15.3. The van der Waals surface area contributed by atoms with Crippen LogP contribution < -0.4 is 10.7 Å². The standard InChI is InChI=1S/C63H43N5/c1-34-30-48-41-20-10-8-18-39(41)32-50(48)55(36(34)3)60-62(66-68-67-63(60)56-37(4)35(2)31-49-42-21-11-9-19-40(42)33-51(49)56)46-24-13-12-23-45(46)57-43(38-16-6-5-7-17-38)26-28-53-58(57)59-54(64-53)29-27-47-44-22-14-15-25-52(44)65-61(47)59/h5-31H,32-33H2,1-4H3. The lowest BCUT2D eigenvalue weighted by atomic mass is 9.80. The summed E-state index contributed by atoms with van der Waals surface area (Å²) in [5, 5.41) is 19.5. The molecule has 0 saturated carbocycles. The smallest absolute Gasteiger partial charge is 0.105 e. The minimum atomic E-state index is 0.810. The largest absolute Gasteiger partial charge is 0.248 e. The van der Waals surface area contributed by atoms with Crippen LogP contribution in [0.2, 0.25) is 0 Å². The van der Waals surface area contributed by atoms with Crippen LogP contribution in [0.3, 0.4) is 0 Å². The molecule has 0 unspecified atom stereocenters. The summed E-state index contributed by atoms with van der Waals surface area (Å²) in [6.07, 6.45) is 1.65. The van der Waals surface area contributed by atoms with E-state index in [1.54, 1.807) is 0 Å². The zero-order chi connectivity index (χ0) is 45.4. The van der Waals surface area contributed by atoms with Crippen LogP contribution in [-0.4, -0.2) is 15.4 Å². The molecular weight excluding hydrogens is 827 g/mol. The van der Waals surface area contributed by atoms with Gasteiger partial charge in [-0.15, -0.1) is 10.2 Å². The Morgan fingerprint density at radius 3 is 1.71 bits per heavy atom. The Balaban J connectivity index is 1.11. The van der Waals surface area contributed by atoms with Crippen molar-refractivity contribution in [1.82, 2.24) is 15.4 Å². The summed E-state index contributed by atoms with van der Waals surface area (Å²) >= 11 is 0. The van der Waals surface area contributed by atoms with Gasteiger partial charge in [-0.1, -0.05) is 140 Å². The van der Waals surface area contributed by atoms with Crippen LogP contribution in [0.5, 0.6) is 0 Å². The monoisotopic (exact) mass is 869 g/mol. The van der Waals surface area contributed by atoms with E-state index >= 15 is 0 Å². The summed E-state index contributed by atoms with van der Waals surface area (Å²) in [6.45, 7) is 9.04. The average Bonchev–Trinajstić information content (AvgIpc) is 4.15. The second-order valence-corrected chi connectivity index (χ2v) is 18.9. The lowest BCUT2D eigenvalue weighted by Gasteiger charge is -2.24. The van der Waals surface area contributed by atoms with E-state index < -0.39 is 0 Å². The van der Waals surface area contributed by atoms with E-state index in [0.717, 1.165) is 107 Å². The molecule has 0 atom stereocenters. The predicted octanol–water partition coefficient (Wildman–Crippen LogP) is 14.1. The van der Waals surface area contributed by atoms with Crippen LogP contribution in [0.4, 0.5) is 11.4 Å². The number of aryl methyl sites for hydroxylation is 2. The van der Waals surface area contributed by atoms with Gasteiger partial charge in [-0.05, 0) is 159 Å². The van der Waals surface area contributed by atoms with Crippen molar-refractivity contribution in [3.63, 3.8) is 0 Å². The number of rotatable bonds is 5. The lowest BCUT2D eigenvalue weighted by Crippen LogP contribution is -2.07. The maximum atomic E-state index is 5.35. The zero-order valence-corrected chi connectivity index (χ0v) is 38.2. The molecule has 0 bridgehead atoms. The average molecular weight is 870 g/mol. The summed E-state index contributed by atoms with van der Waals surface area (Å²) in [6, 6.07) is 59.3. The molecule has 0 spiro atoms. The third-order valence-corrected chi connectivity index (χ3v) is 15.3. The Kier molecular flexibility index (Phi) is 8.30. The van der Waals surface area contributed by atoms with Crippen molar-refractivity contribution in [1.29, 1.82) is 0 Å². The summed E-state index contributed by atoms with van der Waals surface area (Å²) in [5.41, 5.74) is 29.8. The predicted molar refractivity (Wildman–Crippen MR) is 274 cm³/mol. The van der Waals surface area contributed by atoms with Crippen molar-refractivity contribution in [3.05, 3.63) is 229 Å². The van der Waals surface area contributed by atoms with Gasteiger partial charge in [-0.25, -0.2) is 9.98 Å².